The van der Waals surface area contributed by atoms with Crippen LogP contribution < -0.4 is 11.1 Å². The highest BCUT2D eigenvalue weighted by molar-refractivity contribution is 6.11. The van der Waals surface area contributed by atoms with Gasteiger partial charge in [0.1, 0.15) is 5.82 Å². The Morgan fingerprint density at radius 1 is 1.14 bits per heavy atom. The van der Waals surface area contributed by atoms with E-state index in [9.17, 15) is 0 Å². The summed E-state index contributed by atoms with van der Waals surface area (Å²) in [4.78, 5) is 4.78. The fourth-order valence-electron chi connectivity index (χ4n) is 3.29. The molecule has 0 spiro atoms. The van der Waals surface area contributed by atoms with Gasteiger partial charge in [-0.1, -0.05) is 37.5 Å². The number of pyridine rings is 1. The third-order valence-electron chi connectivity index (χ3n) is 4.38. The first-order valence-electron chi connectivity index (χ1n) is 7.62. The van der Waals surface area contributed by atoms with E-state index in [1.54, 1.807) is 0 Å². The van der Waals surface area contributed by atoms with Crippen LogP contribution in [0.4, 0.5) is 11.6 Å². The Kier molecular flexibility index (Phi) is 2.91. The highest BCUT2D eigenvalue weighted by Gasteiger charge is 2.18. The van der Waals surface area contributed by atoms with Gasteiger partial charge in [0.15, 0.2) is 5.82 Å². The number of anilines is 2. The van der Waals surface area contributed by atoms with Crippen LogP contribution in [0.25, 0.3) is 21.8 Å². The van der Waals surface area contributed by atoms with E-state index in [1.165, 1.54) is 32.1 Å². The van der Waals surface area contributed by atoms with Crippen LogP contribution in [-0.4, -0.2) is 21.2 Å². The van der Waals surface area contributed by atoms with Gasteiger partial charge >= 0.3 is 0 Å². The van der Waals surface area contributed by atoms with Gasteiger partial charge in [0.25, 0.3) is 0 Å². The van der Waals surface area contributed by atoms with Crippen molar-refractivity contribution in [1.29, 1.82) is 0 Å². The molecule has 0 radical (unpaired) electrons. The molecule has 4 N–H and O–H groups in total. The Morgan fingerprint density at radius 2 is 1.95 bits per heavy atom. The maximum absolute atomic E-state index is 6.05. The molecule has 1 aromatic carbocycles. The van der Waals surface area contributed by atoms with E-state index in [0.29, 0.717) is 11.9 Å². The molecule has 0 aliphatic heterocycles. The van der Waals surface area contributed by atoms with Crippen LogP contribution in [-0.2, 0) is 0 Å². The molecule has 1 aliphatic rings. The number of rotatable bonds is 2. The van der Waals surface area contributed by atoms with Crippen molar-refractivity contribution in [2.45, 2.75) is 38.1 Å². The lowest BCUT2D eigenvalue weighted by Crippen LogP contribution is -2.23. The van der Waals surface area contributed by atoms with Crippen molar-refractivity contribution in [3.8, 4) is 0 Å². The average molecular weight is 281 g/mol. The maximum atomic E-state index is 6.05. The molecule has 0 unspecified atom stereocenters. The number of fused-ring (bicyclic) bond motifs is 3. The van der Waals surface area contributed by atoms with E-state index in [4.69, 9.17) is 10.7 Å². The third kappa shape index (κ3) is 2.09. The van der Waals surface area contributed by atoms with Crippen molar-refractivity contribution in [2.24, 2.45) is 0 Å². The standard InChI is InChI=1S/C16H19N5/c17-15-13-14(20-21-15)11-8-4-5-9-12(11)19-16(13)18-10-6-2-1-3-7-10/h4-5,8-10H,1-3,6-7H2,(H,18,19)(H3,17,20,21). The van der Waals surface area contributed by atoms with Crippen molar-refractivity contribution in [3.05, 3.63) is 24.3 Å². The molecule has 3 aromatic rings. The molecule has 2 aromatic heterocycles. The lowest BCUT2D eigenvalue weighted by molar-refractivity contribution is 0.462. The predicted molar refractivity (Wildman–Crippen MR) is 86.3 cm³/mol. The quantitative estimate of drug-likeness (QED) is 0.672. The topological polar surface area (TPSA) is 79.6 Å². The van der Waals surface area contributed by atoms with Crippen molar-refractivity contribution in [3.63, 3.8) is 0 Å². The molecule has 0 amide bonds. The molecule has 1 saturated carbocycles. The van der Waals surface area contributed by atoms with Gasteiger partial charge < -0.3 is 11.1 Å². The molecule has 5 heteroatoms. The van der Waals surface area contributed by atoms with E-state index in [2.05, 4.69) is 15.5 Å². The summed E-state index contributed by atoms with van der Waals surface area (Å²) in [5, 5.41) is 12.8. The minimum atomic E-state index is 0.491. The summed E-state index contributed by atoms with van der Waals surface area (Å²) < 4.78 is 0. The second-order valence-corrected chi connectivity index (χ2v) is 5.82. The summed E-state index contributed by atoms with van der Waals surface area (Å²) in [5.41, 5.74) is 7.98. The zero-order valence-corrected chi connectivity index (χ0v) is 11.9. The molecule has 0 atom stereocenters. The Labute approximate surface area is 122 Å². The molecular formula is C16H19N5. The smallest absolute Gasteiger partial charge is 0.156 e. The van der Waals surface area contributed by atoms with Crippen molar-refractivity contribution in [2.75, 3.05) is 11.1 Å². The van der Waals surface area contributed by atoms with Crippen LogP contribution >= 0.6 is 0 Å². The number of aromatic amines is 1. The predicted octanol–water partition coefficient (Wildman–Crippen LogP) is 3.44. The van der Waals surface area contributed by atoms with E-state index in [1.807, 2.05) is 24.3 Å². The Balaban J connectivity index is 1.86. The molecule has 21 heavy (non-hydrogen) atoms. The number of hydrogen-bond donors (Lipinski definition) is 3. The Morgan fingerprint density at radius 3 is 2.81 bits per heavy atom. The number of nitrogens with zero attached hydrogens (tertiary/aromatic N) is 2. The Bertz CT molecular complexity index is 786. The van der Waals surface area contributed by atoms with E-state index in [-0.39, 0.29) is 0 Å². The van der Waals surface area contributed by atoms with Crippen LogP contribution in [0.5, 0.6) is 0 Å². The number of nitrogens with two attached hydrogens (primary N) is 1. The summed E-state index contributed by atoms with van der Waals surface area (Å²) in [6, 6.07) is 8.58. The summed E-state index contributed by atoms with van der Waals surface area (Å²) >= 11 is 0. The minimum absolute atomic E-state index is 0.491. The molecule has 2 heterocycles. The molecule has 1 fully saturated rings. The van der Waals surface area contributed by atoms with Gasteiger partial charge in [0.2, 0.25) is 0 Å². The third-order valence-corrected chi connectivity index (χ3v) is 4.38. The van der Waals surface area contributed by atoms with E-state index < -0.39 is 0 Å². The molecule has 4 rings (SSSR count). The minimum Gasteiger partial charge on any atom is -0.382 e. The fourth-order valence-corrected chi connectivity index (χ4v) is 3.29. The highest BCUT2D eigenvalue weighted by Crippen LogP contribution is 2.33. The normalized spacial score (nSPS) is 16.6. The number of hydrogen-bond acceptors (Lipinski definition) is 4. The lowest BCUT2D eigenvalue weighted by atomic mass is 9.95. The van der Waals surface area contributed by atoms with Crippen molar-refractivity contribution < 1.29 is 0 Å². The van der Waals surface area contributed by atoms with Gasteiger partial charge in [-0.25, -0.2) is 4.98 Å². The monoisotopic (exact) mass is 281 g/mol. The highest BCUT2D eigenvalue weighted by atomic mass is 15.2. The average Bonchev–Trinajstić information content (AvgIpc) is 2.91. The van der Waals surface area contributed by atoms with E-state index >= 15 is 0 Å². The van der Waals surface area contributed by atoms with Gasteiger partial charge in [0.05, 0.1) is 16.4 Å². The fraction of sp³-hybridized carbons (Fsp3) is 0.375. The van der Waals surface area contributed by atoms with Crippen LogP contribution in [0.3, 0.4) is 0 Å². The molecule has 1 aliphatic carbocycles. The number of benzene rings is 1. The first-order chi connectivity index (χ1) is 10.3. The van der Waals surface area contributed by atoms with Gasteiger partial charge in [-0.15, -0.1) is 0 Å². The molecule has 5 nitrogen and oxygen atoms in total. The van der Waals surface area contributed by atoms with Gasteiger partial charge in [-0.05, 0) is 18.9 Å². The first kappa shape index (κ1) is 12.4. The summed E-state index contributed by atoms with van der Waals surface area (Å²) in [5.74, 6) is 1.38. The van der Waals surface area contributed by atoms with Crippen LogP contribution in [0.1, 0.15) is 32.1 Å². The van der Waals surface area contributed by atoms with Crippen LogP contribution in [0.15, 0.2) is 24.3 Å². The van der Waals surface area contributed by atoms with Crippen molar-refractivity contribution >= 4 is 33.4 Å². The number of para-hydroxylation sites is 1. The zero-order valence-electron chi connectivity index (χ0n) is 11.9. The molecule has 0 saturated heterocycles. The maximum Gasteiger partial charge on any atom is 0.156 e. The van der Waals surface area contributed by atoms with Gasteiger partial charge in [0, 0.05) is 11.4 Å². The largest absolute Gasteiger partial charge is 0.382 e. The summed E-state index contributed by atoms with van der Waals surface area (Å²) in [6.07, 6.45) is 6.32. The molecule has 108 valence electrons. The Hall–Kier alpha value is -2.30. The SMILES string of the molecule is Nc1n[nH]c2c1c(NC1CCCCC1)nc1ccccc12. The second-order valence-electron chi connectivity index (χ2n) is 5.82. The van der Waals surface area contributed by atoms with Gasteiger partial charge in [-0.2, -0.15) is 5.10 Å². The lowest BCUT2D eigenvalue weighted by Gasteiger charge is -2.23. The van der Waals surface area contributed by atoms with E-state index in [0.717, 1.165) is 27.6 Å². The van der Waals surface area contributed by atoms with Crippen LogP contribution in [0, 0.1) is 0 Å². The van der Waals surface area contributed by atoms with Gasteiger partial charge in [-0.3, -0.25) is 5.10 Å². The molecular weight excluding hydrogens is 262 g/mol. The first-order valence-corrected chi connectivity index (χ1v) is 7.62. The molecule has 0 bridgehead atoms. The number of nitrogen functional groups attached to an aromatic ring is 1. The van der Waals surface area contributed by atoms with Crippen molar-refractivity contribution in [1.82, 2.24) is 15.2 Å². The number of nitrogens with one attached hydrogen (secondary N) is 2. The number of aromatic nitrogens is 3. The zero-order chi connectivity index (χ0) is 14.2. The van der Waals surface area contributed by atoms with Crippen LogP contribution in [0.2, 0.25) is 0 Å². The second kappa shape index (κ2) is 4.91. The number of H-pyrrole nitrogens is 1. The summed E-state index contributed by atoms with van der Waals surface area (Å²) in [6.45, 7) is 0. The summed E-state index contributed by atoms with van der Waals surface area (Å²) in [7, 11) is 0.